The summed E-state index contributed by atoms with van der Waals surface area (Å²) in [7, 11) is 0. The maximum atomic E-state index is 14.0. The van der Waals surface area contributed by atoms with Crippen LogP contribution < -0.4 is 44.2 Å². The maximum absolute atomic E-state index is 14.0. The van der Waals surface area contributed by atoms with Gasteiger partial charge in [0.05, 0.1) is 12.6 Å². The topological polar surface area (TPSA) is 348 Å². The molecule has 8 amide bonds. The highest BCUT2D eigenvalue weighted by atomic mass is 16.4. The van der Waals surface area contributed by atoms with Crippen molar-refractivity contribution in [2.45, 2.75) is 120 Å². The first-order valence-electron chi connectivity index (χ1n) is 18.8. The highest BCUT2D eigenvalue weighted by Crippen LogP contribution is 2.27. The molecule has 0 aromatic heterocycles. The fourth-order valence-electron chi connectivity index (χ4n) is 7.06. The van der Waals surface area contributed by atoms with E-state index in [-0.39, 0.29) is 64.1 Å². The maximum Gasteiger partial charge on any atom is 0.326 e. The van der Waals surface area contributed by atoms with Gasteiger partial charge in [-0.25, -0.2) is 4.79 Å². The highest BCUT2D eigenvalue weighted by molar-refractivity contribution is 5.98. The van der Waals surface area contributed by atoms with Gasteiger partial charge in [-0.3, -0.25) is 43.3 Å². The van der Waals surface area contributed by atoms with Crippen LogP contribution >= 0.6 is 0 Å². The molecule has 3 aliphatic heterocycles. The number of guanidine groups is 1. The van der Waals surface area contributed by atoms with Crippen molar-refractivity contribution in [2.75, 3.05) is 32.7 Å². The molecule has 312 valence electrons. The Morgan fingerprint density at radius 2 is 1.29 bits per heavy atom. The summed E-state index contributed by atoms with van der Waals surface area (Å²) in [6.45, 7) is 3.20. The molecule has 3 rings (SSSR count). The number of amides is 8. The highest BCUT2D eigenvalue weighted by Gasteiger charge is 2.44. The van der Waals surface area contributed by atoms with Gasteiger partial charge in [0.2, 0.25) is 47.3 Å². The molecule has 56 heavy (non-hydrogen) atoms. The van der Waals surface area contributed by atoms with Crippen molar-refractivity contribution >= 4 is 59.2 Å². The molecule has 3 saturated heterocycles. The molecule has 22 heteroatoms. The average molecular weight is 793 g/mol. The zero-order valence-electron chi connectivity index (χ0n) is 31.9. The predicted octanol–water partition coefficient (Wildman–Crippen LogP) is -4.70. The number of hydrogen-bond acceptors (Lipinski definition) is 11. The third kappa shape index (κ3) is 12.5. The minimum absolute atomic E-state index is 0.0333. The lowest BCUT2D eigenvalue weighted by Crippen LogP contribution is -2.58. The zero-order chi connectivity index (χ0) is 41.7. The van der Waals surface area contributed by atoms with Gasteiger partial charge in [0.15, 0.2) is 5.96 Å². The van der Waals surface area contributed by atoms with Crippen LogP contribution in [0.5, 0.6) is 0 Å². The van der Waals surface area contributed by atoms with Gasteiger partial charge in [-0.05, 0) is 71.6 Å². The van der Waals surface area contributed by atoms with Crippen molar-refractivity contribution in [2.24, 2.45) is 27.9 Å². The molecule has 0 aromatic carbocycles. The van der Waals surface area contributed by atoms with E-state index < -0.39 is 102 Å². The van der Waals surface area contributed by atoms with Crippen molar-refractivity contribution in [3.8, 4) is 0 Å². The molecular weight excluding hydrogens is 736 g/mol. The number of nitrogens with two attached hydrogens (primary N) is 4. The quantitative estimate of drug-likeness (QED) is 0.0338. The Bertz CT molecular complexity index is 1540. The number of nitrogens with one attached hydrogen (secondary N) is 4. The molecule has 3 heterocycles. The molecular formula is C34H56N12O10. The predicted molar refractivity (Wildman–Crippen MR) is 198 cm³/mol. The van der Waals surface area contributed by atoms with Gasteiger partial charge in [0.1, 0.15) is 36.3 Å². The third-order valence-corrected chi connectivity index (χ3v) is 9.94. The minimum Gasteiger partial charge on any atom is -0.480 e. The van der Waals surface area contributed by atoms with Crippen LogP contribution in [0.1, 0.15) is 78.1 Å². The third-order valence-electron chi connectivity index (χ3n) is 9.94. The number of likely N-dealkylation sites (tertiary alicyclic amines) is 3. The van der Waals surface area contributed by atoms with Crippen LogP contribution in [0.25, 0.3) is 0 Å². The molecule has 0 radical (unpaired) electrons. The molecule has 0 spiro atoms. The van der Waals surface area contributed by atoms with E-state index in [0.717, 1.165) is 0 Å². The van der Waals surface area contributed by atoms with Crippen molar-refractivity contribution in [3.05, 3.63) is 0 Å². The summed E-state index contributed by atoms with van der Waals surface area (Å²) in [4.78, 5) is 124. The van der Waals surface area contributed by atoms with Gasteiger partial charge in [-0.15, -0.1) is 0 Å². The van der Waals surface area contributed by atoms with Gasteiger partial charge >= 0.3 is 5.97 Å². The summed E-state index contributed by atoms with van der Waals surface area (Å²) < 4.78 is 0. The summed E-state index contributed by atoms with van der Waals surface area (Å²) in [5, 5.41) is 19.3. The van der Waals surface area contributed by atoms with Crippen molar-refractivity contribution < 1.29 is 48.3 Å². The van der Waals surface area contributed by atoms with Gasteiger partial charge in [0.25, 0.3) is 0 Å². The lowest BCUT2D eigenvalue weighted by atomic mass is 10.1. The van der Waals surface area contributed by atoms with Crippen LogP contribution in [0.3, 0.4) is 0 Å². The van der Waals surface area contributed by atoms with E-state index in [2.05, 4.69) is 26.3 Å². The van der Waals surface area contributed by atoms with Gasteiger partial charge in [0, 0.05) is 32.6 Å². The number of aliphatic imine (C=N–C) groups is 1. The Balaban J connectivity index is 1.60. The van der Waals surface area contributed by atoms with E-state index in [4.69, 9.17) is 22.9 Å². The van der Waals surface area contributed by atoms with Crippen LogP contribution in [0.4, 0.5) is 0 Å². The second-order valence-electron chi connectivity index (χ2n) is 14.3. The fraction of sp³-hybridized carbons (Fsp3) is 0.706. The van der Waals surface area contributed by atoms with Gasteiger partial charge in [-0.2, -0.15) is 0 Å². The summed E-state index contributed by atoms with van der Waals surface area (Å²) in [5.41, 5.74) is 21.6. The Kier molecular flexibility index (Phi) is 16.8. The first-order chi connectivity index (χ1) is 26.4. The first-order valence-corrected chi connectivity index (χ1v) is 18.8. The summed E-state index contributed by atoms with van der Waals surface area (Å²) in [6.07, 6.45) is 2.35. The lowest BCUT2D eigenvalue weighted by molar-refractivity contribution is -0.148. The van der Waals surface area contributed by atoms with Crippen molar-refractivity contribution in [1.82, 2.24) is 36.0 Å². The Labute approximate surface area is 324 Å². The minimum atomic E-state index is -1.28. The van der Waals surface area contributed by atoms with E-state index in [0.29, 0.717) is 32.2 Å². The number of hydrogen-bond donors (Lipinski definition) is 9. The standard InChI is InChI=1S/C34H56N12O10/c1-18(35)30(52)44-14-4-9-23(44)29(51)43-20(11-12-25(36)47)31(53)46-16-6-10-24(46)32(54)45-15-5-8-22(45)28(50)41-19(2)27(49)40-17-26(48)42-21(33(55)56)7-3-13-39-34(37)38/h18-24H,3-17,35H2,1-2H3,(H2,36,47)(H,40,49)(H,41,50)(H,42,48)(H,43,51)(H,55,56)(H4,37,38,39)/t18-,19-,20-,21-,22-,23-,24-/m0/s1. The van der Waals surface area contributed by atoms with E-state index >= 15 is 0 Å². The van der Waals surface area contributed by atoms with Crippen LogP contribution in [0, 0.1) is 0 Å². The Morgan fingerprint density at radius 3 is 1.86 bits per heavy atom. The van der Waals surface area contributed by atoms with E-state index in [1.807, 2.05) is 0 Å². The van der Waals surface area contributed by atoms with Gasteiger partial charge in [-0.1, -0.05) is 0 Å². The average Bonchev–Trinajstić information content (AvgIpc) is 3.93. The van der Waals surface area contributed by atoms with Crippen molar-refractivity contribution in [1.29, 1.82) is 0 Å². The molecule has 3 fully saturated rings. The number of primary amides is 1. The molecule has 0 saturated carbocycles. The number of carbonyl (C=O) groups is 9. The molecule has 0 aromatic rings. The molecule has 7 atom stereocenters. The largest absolute Gasteiger partial charge is 0.480 e. The van der Waals surface area contributed by atoms with Gasteiger partial charge < -0.3 is 64.0 Å². The monoisotopic (exact) mass is 792 g/mol. The number of nitrogens with zero attached hydrogens (tertiary/aromatic N) is 4. The smallest absolute Gasteiger partial charge is 0.326 e. The summed E-state index contributed by atoms with van der Waals surface area (Å²) >= 11 is 0. The van der Waals surface area contributed by atoms with E-state index in [1.165, 1.54) is 28.5 Å². The molecule has 0 unspecified atom stereocenters. The van der Waals surface area contributed by atoms with E-state index in [1.54, 1.807) is 0 Å². The molecule has 0 bridgehead atoms. The molecule has 3 aliphatic rings. The number of carboxylic acids is 1. The first kappa shape index (κ1) is 44.9. The van der Waals surface area contributed by atoms with E-state index in [9.17, 15) is 48.3 Å². The SMILES string of the molecule is C[C@H](N)C(=O)N1CCC[C@H]1C(=O)N[C@@H](CCC(N)=O)C(=O)N1CCC[C@H]1C(=O)N1CCC[C@H]1C(=O)N[C@@H](C)C(=O)NCC(=O)N[C@@H](CCCN=C(N)N)C(=O)O. The number of carboxylic acid groups (broad SMARTS) is 1. The summed E-state index contributed by atoms with van der Waals surface area (Å²) in [6, 6.07) is -7.23. The number of aliphatic carboxylic acids is 1. The van der Waals surface area contributed by atoms with Crippen LogP contribution in [0.2, 0.25) is 0 Å². The molecule has 0 aliphatic carbocycles. The van der Waals surface area contributed by atoms with Crippen LogP contribution in [-0.4, -0.2) is 154 Å². The fourth-order valence-corrected chi connectivity index (χ4v) is 7.06. The Hall–Kier alpha value is -5.54. The molecule has 13 N–H and O–H groups in total. The second-order valence-corrected chi connectivity index (χ2v) is 14.3. The zero-order valence-corrected chi connectivity index (χ0v) is 31.9. The second kappa shape index (κ2) is 20.9. The van der Waals surface area contributed by atoms with Crippen LogP contribution in [0.15, 0.2) is 4.99 Å². The number of carbonyl (C=O) groups excluding carboxylic acids is 8. The summed E-state index contributed by atoms with van der Waals surface area (Å²) in [5.74, 6) is -6.35. The molecule has 22 nitrogen and oxygen atoms in total. The Morgan fingerprint density at radius 1 is 0.732 bits per heavy atom. The number of rotatable bonds is 19. The normalized spacial score (nSPS) is 21.3. The van der Waals surface area contributed by atoms with Crippen LogP contribution in [-0.2, 0) is 43.2 Å². The van der Waals surface area contributed by atoms with Crippen molar-refractivity contribution in [3.63, 3.8) is 0 Å². The lowest BCUT2D eigenvalue weighted by Gasteiger charge is -2.33.